The summed E-state index contributed by atoms with van der Waals surface area (Å²) in [5, 5.41) is 2.64. The predicted molar refractivity (Wildman–Crippen MR) is 110 cm³/mol. The molecule has 1 atom stereocenters. The van der Waals surface area contributed by atoms with E-state index in [2.05, 4.69) is 5.32 Å². The quantitative estimate of drug-likeness (QED) is 0.580. The lowest BCUT2D eigenvalue weighted by molar-refractivity contribution is -0.125. The normalized spacial score (nSPS) is 15.1. The summed E-state index contributed by atoms with van der Waals surface area (Å²) in [6.45, 7) is 1.66. The molecule has 2 amide bonds. The van der Waals surface area contributed by atoms with Gasteiger partial charge < -0.3 is 19.7 Å². The highest BCUT2D eigenvalue weighted by Crippen LogP contribution is 2.34. The summed E-state index contributed by atoms with van der Waals surface area (Å²) >= 11 is 0. The van der Waals surface area contributed by atoms with Crippen LogP contribution in [0.5, 0.6) is 5.75 Å². The van der Waals surface area contributed by atoms with Gasteiger partial charge in [0.25, 0.3) is 5.91 Å². The van der Waals surface area contributed by atoms with E-state index in [1.54, 1.807) is 56.4 Å². The molecule has 0 bridgehead atoms. The van der Waals surface area contributed by atoms with Crippen LogP contribution >= 0.6 is 0 Å². The molecule has 1 aliphatic heterocycles. The summed E-state index contributed by atoms with van der Waals surface area (Å²) in [6, 6.07) is 11.3. The third kappa shape index (κ3) is 4.32. The van der Waals surface area contributed by atoms with Crippen molar-refractivity contribution in [2.75, 3.05) is 24.4 Å². The molecule has 1 heterocycles. The number of hydrogen-bond acceptors (Lipinski definition) is 6. The van der Waals surface area contributed by atoms with E-state index in [4.69, 9.17) is 9.47 Å². The first-order valence-electron chi connectivity index (χ1n) is 9.40. The van der Waals surface area contributed by atoms with Gasteiger partial charge in [-0.2, -0.15) is 0 Å². The van der Waals surface area contributed by atoms with E-state index in [-0.39, 0.29) is 30.1 Å². The number of hydrogen-bond donors (Lipinski definition) is 1. The molecule has 1 N–H and O–H groups in total. The minimum atomic E-state index is -0.583. The largest absolute Gasteiger partial charge is 0.479 e. The van der Waals surface area contributed by atoms with Crippen LogP contribution in [0.15, 0.2) is 42.5 Å². The molecule has 1 unspecified atom stereocenters. The van der Waals surface area contributed by atoms with Crippen LogP contribution in [0.2, 0.25) is 0 Å². The molecule has 2 aromatic carbocycles. The molecule has 3 rings (SSSR count). The van der Waals surface area contributed by atoms with Crippen LogP contribution in [0.4, 0.5) is 11.4 Å². The number of nitrogens with one attached hydrogen (secondary N) is 1. The Hall–Kier alpha value is -3.68. The molecule has 0 fully saturated rings. The summed E-state index contributed by atoms with van der Waals surface area (Å²) < 4.78 is 10.2. The van der Waals surface area contributed by atoms with Gasteiger partial charge >= 0.3 is 5.97 Å². The molecule has 30 heavy (non-hydrogen) atoms. The number of fused-ring (bicyclic) bond motifs is 1. The predicted octanol–water partition coefficient (Wildman–Crippen LogP) is 2.82. The highest BCUT2D eigenvalue weighted by Gasteiger charge is 2.29. The van der Waals surface area contributed by atoms with Crippen LogP contribution in [-0.4, -0.2) is 43.8 Å². The number of anilines is 2. The van der Waals surface area contributed by atoms with Gasteiger partial charge in [0.2, 0.25) is 5.91 Å². The number of likely N-dealkylation sites (N-methyl/N-ethyl adjacent to an activating group) is 1. The maximum Gasteiger partial charge on any atom is 0.339 e. The van der Waals surface area contributed by atoms with E-state index in [9.17, 15) is 19.2 Å². The lowest BCUT2D eigenvalue weighted by Gasteiger charge is -2.30. The number of methoxy groups -OCH3 is 1. The monoisotopic (exact) mass is 410 g/mol. The Morgan fingerprint density at radius 2 is 1.87 bits per heavy atom. The molecule has 0 saturated heterocycles. The second-order valence-electron chi connectivity index (χ2n) is 6.85. The minimum Gasteiger partial charge on any atom is -0.479 e. The fraction of sp³-hybridized carbons (Fsp3) is 0.273. The van der Waals surface area contributed by atoms with Gasteiger partial charge in [0.15, 0.2) is 11.9 Å². The van der Waals surface area contributed by atoms with Gasteiger partial charge in [-0.3, -0.25) is 14.4 Å². The number of rotatable bonds is 6. The van der Waals surface area contributed by atoms with Crippen LogP contribution in [-0.2, 0) is 14.3 Å². The van der Waals surface area contributed by atoms with Crippen molar-refractivity contribution < 1.29 is 28.7 Å². The maximum atomic E-state index is 12.6. The number of Topliss-reactive ketones (excluding diaryl/α,β-unsaturated/α-hetero) is 1. The number of carbonyl (C=O) groups excluding carboxylic acids is 4. The second-order valence-corrected chi connectivity index (χ2v) is 6.85. The van der Waals surface area contributed by atoms with Gasteiger partial charge in [-0.25, -0.2) is 4.79 Å². The summed E-state index contributed by atoms with van der Waals surface area (Å²) in [5.41, 5.74) is 1.45. The maximum absolute atomic E-state index is 12.6. The molecule has 8 nitrogen and oxygen atoms in total. The van der Waals surface area contributed by atoms with Crippen LogP contribution in [0.1, 0.15) is 40.5 Å². The van der Waals surface area contributed by atoms with Gasteiger partial charge in [0, 0.05) is 25.5 Å². The van der Waals surface area contributed by atoms with Crippen molar-refractivity contribution in [2.24, 2.45) is 0 Å². The zero-order valence-electron chi connectivity index (χ0n) is 16.9. The molecule has 0 radical (unpaired) electrons. The SMILES string of the molecule is COC(=O)c1ccccc1NC(=O)CCC(=O)c1ccc2c(c1)N(C)C(=O)C(C)O2. The molecular formula is C22H22N2O6. The second kappa shape index (κ2) is 8.77. The first-order valence-corrected chi connectivity index (χ1v) is 9.40. The highest BCUT2D eigenvalue weighted by molar-refractivity contribution is 6.05. The van der Waals surface area contributed by atoms with Crippen molar-refractivity contribution in [3.05, 3.63) is 53.6 Å². The first-order chi connectivity index (χ1) is 14.3. The molecule has 8 heteroatoms. The number of ketones is 1. The average Bonchev–Trinajstić information content (AvgIpc) is 2.75. The van der Waals surface area contributed by atoms with Crippen molar-refractivity contribution in [3.63, 3.8) is 0 Å². The minimum absolute atomic E-state index is 0.0278. The van der Waals surface area contributed by atoms with Crippen LogP contribution in [0, 0.1) is 0 Å². The highest BCUT2D eigenvalue weighted by atomic mass is 16.5. The molecule has 156 valence electrons. The number of esters is 1. The van der Waals surface area contributed by atoms with Gasteiger partial charge in [-0.15, -0.1) is 0 Å². The zero-order valence-corrected chi connectivity index (χ0v) is 16.9. The van der Waals surface area contributed by atoms with Gasteiger partial charge in [0.1, 0.15) is 5.75 Å². The van der Waals surface area contributed by atoms with Crippen molar-refractivity contribution in [1.82, 2.24) is 0 Å². The molecular weight excluding hydrogens is 388 g/mol. The van der Waals surface area contributed by atoms with E-state index in [1.807, 2.05) is 0 Å². The van der Waals surface area contributed by atoms with Gasteiger partial charge in [-0.1, -0.05) is 12.1 Å². The molecule has 2 aromatic rings. The number of carbonyl (C=O) groups is 4. The van der Waals surface area contributed by atoms with E-state index in [0.717, 1.165) is 0 Å². The Morgan fingerprint density at radius 1 is 1.13 bits per heavy atom. The smallest absolute Gasteiger partial charge is 0.339 e. The van der Waals surface area contributed by atoms with Gasteiger partial charge in [-0.05, 0) is 37.3 Å². The Kier molecular flexibility index (Phi) is 6.15. The lowest BCUT2D eigenvalue weighted by atomic mass is 10.0. The number of amides is 2. The van der Waals surface area contributed by atoms with Crippen molar-refractivity contribution in [2.45, 2.75) is 25.9 Å². The lowest BCUT2D eigenvalue weighted by Crippen LogP contribution is -2.42. The van der Waals surface area contributed by atoms with E-state index in [0.29, 0.717) is 22.7 Å². The number of nitrogens with zero attached hydrogens (tertiary/aromatic N) is 1. The zero-order chi connectivity index (χ0) is 21.8. The third-order valence-corrected chi connectivity index (χ3v) is 4.81. The summed E-state index contributed by atoms with van der Waals surface area (Å²) in [5.74, 6) is -0.879. The molecule has 1 aliphatic rings. The van der Waals surface area contributed by atoms with E-state index >= 15 is 0 Å². The number of ether oxygens (including phenoxy) is 2. The Bertz CT molecular complexity index is 1020. The van der Waals surface area contributed by atoms with Crippen molar-refractivity contribution >= 4 is 34.9 Å². The van der Waals surface area contributed by atoms with Crippen LogP contribution in [0.3, 0.4) is 0 Å². The first kappa shape index (κ1) is 21.0. The topological polar surface area (TPSA) is 102 Å². The summed E-state index contributed by atoms with van der Waals surface area (Å²) in [6.07, 6.45) is -0.672. The Morgan fingerprint density at radius 3 is 2.60 bits per heavy atom. The van der Waals surface area contributed by atoms with E-state index < -0.39 is 18.0 Å². The fourth-order valence-electron chi connectivity index (χ4n) is 3.15. The molecule has 0 aromatic heterocycles. The van der Waals surface area contributed by atoms with Crippen molar-refractivity contribution in [3.8, 4) is 5.75 Å². The fourth-order valence-corrected chi connectivity index (χ4v) is 3.15. The Balaban J connectivity index is 1.65. The van der Waals surface area contributed by atoms with Crippen LogP contribution < -0.4 is 15.0 Å². The Labute approximate surface area is 173 Å². The van der Waals surface area contributed by atoms with Crippen molar-refractivity contribution in [1.29, 1.82) is 0 Å². The third-order valence-electron chi connectivity index (χ3n) is 4.81. The number of para-hydroxylation sites is 1. The average molecular weight is 410 g/mol. The van der Waals surface area contributed by atoms with E-state index in [1.165, 1.54) is 12.0 Å². The summed E-state index contributed by atoms with van der Waals surface area (Å²) in [7, 11) is 2.88. The molecule has 0 aliphatic carbocycles. The molecule has 0 spiro atoms. The molecule has 0 saturated carbocycles. The number of benzene rings is 2. The standard InChI is InChI=1S/C22H22N2O6/c1-13-21(27)24(2)17-12-14(8-10-19(17)30-13)18(25)9-11-20(26)23-16-7-5-4-6-15(16)22(28)29-3/h4-8,10,12-13H,9,11H2,1-3H3,(H,23,26). The van der Waals surface area contributed by atoms with Gasteiger partial charge in [0.05, 0.1) is 24.0 Å². The van der Waals surface area contributed by atoms with Crippen LogP contribution in [0.25, 0.3) is 0 Å². The summed E-state index contributed by atoms with van der Waals surface area (Å²) in [4.78, 5) is 50.2.